The third-order valence-electron chi connectivity index (χ3n) is 20.3. The lowest BCUT2D eigenvalue weighted by Gasteiger charge is -2.30. The van der Waals surface area contributed by atoms with Crippen molar-refractivity contribution in [1.82, 2.24) is 9.13 Å². The Hall–Kier alpha value is -10.5. The van der Waals surface area contributed by atoms with Crippen molar-refractivity contribution in [3.05, 3.63) is 308 Å². The van der Waals surface area contributed by atoms with Gasteiger partial charge >= 0.3 is 0 Å². The van der Waals surface area contributed by atoms with E-state index < -0.39 is 0 Å². The standard InChI is InChI=1S/C84H56N4S2/c1-2-17-57(18-3-1)85-72-26-9-4-20-60(72)66-45-52(32-38-76(66)85)55-35-41-79-69(48-55)63-23-7-12-29-75(63)88(79)80-30-15-25-65-70-49-56(36-42-83(70)90-84(65)80)51-16-14-19-58(44-51)86-73-27-10-5-21-61(73)67-46-53(33-39-77(67)86)54-34-40-78-68(47-54)62-22-6-11-28-74(62)87(78)59-37-43-82-71(50-59)64-24-8-13-31-81(64)89-82/h1-6,8-22,24-50,63,68,75,78H,7,23H2. The summed E-state index contributed by atoms with van der Waals surface area (Å²) in [4.78, 5) is 5.24. The van der Waals surface area contributed by atoms with E-state index in [4.69, 9.17) is 0 Å². The van der Waals surface area contributed by atoms with Gasteiger partial charge in [-0.1, -0.05) is 170 Å². The topological polar surface area (TPSA) is 16.3 Å². The maximum Gasteiger partial charge on any atom is 0.0630 e. The molecule has 12 aromatic carbocycles. The van der Waals surface area contributed by atoms with Crippen LogP contribution < -0.4 is 9.80 Å². The number of para-hydroxylation sites is 4. The molecule has 424 valence electrons. The summed E-state index contributed by atoms with van der Waals surface area (Å²) >= 11 is 3.81. The summed E-state index contributed by atoms with van der Waals surface area (Å²) in [5, 5.41) is 10.4. The van der Waals surface area contributed by atoms with Crippen LogP contribution in [0.1, 0.15) is 41.4 Å². The molecule has 16 aromatic rings. The average Bonchev–Trinajstić information content (AvgIpc) is 1.67. The molecule has 90 heavy (non-hydrogen) atoms. The van der Waals surface area contributed by atoms with E-state index in [9.17, 15) is 0 Å². The van der Waals surface area contributed by atoms with Gasteiger partial charge in [0.2, 0.25) is 0 Å². The van der Waals surface area contributed by atoms with Gasteiger partial charge < -0.3 is 18.9 Å². The molecule has 2 aliphatic carbocycles. The van der Waals surface area contributed by atoms with Crippen molar-refractivity contribution in [3.8, 4) is 33.6 Å². The monoisotopic (exact) mass is 1180 g/mol. The normalized spacial score (nSPS) is 17.6. The minimum absolute atomic E-state index is 0.185. The molecule has 20 rings (SSSR count). The van der Waals surface area contributed by atoms with Crippen molar-refractivity contribution in [3.63, 3.8) is 0 Å². The average molecular weight is 1190 g/mol. The first kappa shape index (κ1) is 50.5. The predicted octanol–water partition coefficient (Wildman–Crippen LogP) is 23.2. The summed E-state index contributed by atoms with van der Waals surface area (Å²) in [6, 6.07) is 98.7. The highest BCUT2D eigenvalue weighted by molar-refractivity contribution is 7.26. The lowest BCUT2D eigenvalue weighted by atomic mass is 9.85. The van der Waals surface area contributed by atoms with E-state index in [0.29, 0.717) is 5.92 Å². The smallest absolute Gasteiger partial charge is 0.0630 e. The largest absolute Gasteiger partial charge is 0.333 e. The molecule has 0 saturated carbocycles. The van der Waals surface area contributed by atoms with Crippen LogP contribution in [0.15, 0.2) is 291 Å². The van der Waals surface area contributed by atoms with Crippen LogP contribution in [-0.4, -0.2) is 21.2 Å². The van der Waals surface area contributed by atoms with Crippen molar-refractivity contribution in [2.75, 3.05) is 9.80 Å². The molecule has 0 radical (unpaired) electrons. The third-order valence-corrected chi connectivity index (χ3v) is 22.6. The fourth-order valence-electron chi connectivity index (χ4n) is 16.2. The number of rotatable bonds is 7. The van der Waals surface area contributed by atoms with Gasteiger partial charge in [-0.25, -0.2) is 0 Å². The second kappa shape index (κ2) is 19.5. The Kier molecular flexibility index (Phi) is 10.9. The number of fused-ring (bicyclic) bond motifs is 18. The van der Waals surface area contributed by atoms with Crippen molar-refractivity contribution < 1.29 is 0 Å². The zero-order valence-electron chi connectivity index (χ0n) is 49.0. The minimum atomic E-state index is 0.185. The second-order valence-electron chi connectivity index (χ2n) is 25.0. The Morgan fingerprint density at radius 3 is 1.78 bits per heavy atom. The molecule has 6 heteroatoms. The van der Waals surface area contributed by atoms with Gasteiger partial charge in [-0.15, -0.1) is 22.7 Å². The first-order valence-electron chi connectivity index (χ1n) is 31.6. The molecular weight excluding hydrogens is 1130 g/mol. The van der Waals surface area contributed by atoms with Gasteiger partial charge in [0.15, 0.2) is 0 Å². The van der Waals surface area contributed by atoms with Crippen LogP contribution >= 0.6 is 22.7 Å². The number of benzene rings is 12. The molecule has 4 unspecified atom stereocenters. The first-order chi connectivity index (χ1) is 44.6. The summed E-state index contributed by atoms with van der Waals surface area (Å²) in [6.07, 6.45) is 14.5. The van der Waals surface area contributed by atoms with E-state index >= 15 is 0 Å². The Balaban J connectivity index is 0.628. The van der Waals surface area contributed by atoms with Crippen LogP contribution in [0.25, 0.3) is 123 Å². The van der Waals surface area contributed by atoms with Crippen LogP contribution in [0, 0.1) is 0 Å². The SMILES string of the molecule is C1=CC2C(CC1)c1cc(-c3ccc4c(c3)c3ccccc3n4-c3ccccc3)ccc1N2c1cccc2c1sc1ccc(-c3cccc(-n4c5ccccc5c5cc(C6=CC7c8ccccc8N(c8ccc9sc%10ccccc%10c9c8)C7C=C6)ccc54)c3)cc12. The Bertz CT molecular complexity index is 5810. The predicted molar refractivity (Wildman–Crippen MR) is 384 cm³/mol. The molecule has 4 aromatic heterocycles. The summed E-state index contributed by atoms with van der Waals surface area (Å²) in [5.41, 5.74) is 22.6. The van der Waals surface area contributed by atoms with Crippen LogP contribution in [0.2, 0.25) is 0 Å². The summed E-state index contributed by atoms with van der Waals surface area (Å²) in [6.45, 7) is 0. The maximum atomic E-state index is 2.67. The van der Waals surface area contributed by atoms with E-state index in [1.807, 2.05) is 22.7 Å². The maximum absolute atomic E-state index is 2.67. The number of allylic oxidation sites excluding steroid dienone is 3. The fraction of sp³-hybridized carbons (Fsp3) is 0.0714. The van der Waals surface area contributed by atoms with Crippen molar-refractivity contribution in [2.45, 2.75) is 36.8 Å². The van der Waals surface area contributed by atoms with E-state index in [0.717, 1.165) is 18.5 Å². The van der Waals surface area contributed by atoms with Crippen molar-refractivity contribution in [2.24, 2.45) is 0 Å². The van der Waals surface area contributed by atoms with Crippen molar-refractivity contribution >= 4 is 135 Å². The minimum Gasteiger partial charge on any atom is -0.333 e. The second-order valence-corrected chi connectivity index (χ2v) is 27.1. The Labute approximate surface area is 528 Å². The van der Waals surface area contributed by atoms with E-state index in [1.54, 1.807) is 0 Å². The van der Waals surface area contributed by atoms with E-state index in [2.05, 4.69) is 310 Å². The molecule has 4 nitrogen and oxygen atoms in total. The number of anilines is 4. The van der Waals surface area contributed by atoms with Crippen molar-refractivity contribution in [1.29, 1.82) is 0 Å². The third kappa shape index (κ3) is 7.46. The van der Waals surface area contributed by atoms with Gasteiger partial charge in [-0.05, 0) is 179 Å². The summed E-state index contributed by atoms with van der Waals surface area (Å²) in [5.74, 6) is 0.630. The number of thiophene rings is 2. The zero-order valence-corrected chi connectivity index (χ0v) is 50.7. The summed E-state index contributed by atoms with van der Waals surface area (Å²) < 4.78 is 10.2. The van der Waals surface area contributed by atoms with Gasteiger partial charge in [0.1, 0.15) is 0 Å². The molecule has 0 bridgehead atoms. The first-order valence-corrected chi connectivity index (χ1v) is 33.2. The quantitative estimate of drug-likeness (QED) is 0.148. The number of aromatic nitrogens is 2. The molecule has 6 heterocycles. The Morgan fingerprint density at radius 2 is 0.922 bits per heavy atom. The molecule has 0 saturated heterocycles. The van der Waals surface area contributed by atoms with E-state index in [1.165, 1.54) is 157 Å². The highest BCUT2D eigenvalue weighted by Gasteiger charge is 2.41. The zero-order chi connectivity index (χ0) is 58.7. The molecule has 4 aliphatic rings. The fourth-order valence-corrected chi connectivity index (χ4v) is 18.5. The van der Waals surface area contributed by atoms with Crippen LogP contribution in [0.5, 0.6) is 0 Å². The van der Waals surface area contributed by atoms with Crippen LogP contribution in [0.3, 0.4) is 0 Å². The van der Waals surface area contributed by atoms with Crippen LogP contribution in [-0.2, 0) is 0 Å². The van der Waals surface area contributed by atoms with Gasteiger partial charge in [0.05, 0.1) is 44.5 Å². The summed E-state index contributed by atoms with van der Waals surface area (Å²) in [7, 11) is 0. The highest BCUT2D eigenvalue weighted by atomic mass is 32.1. The Morgan fingerprint density at radius 1 is 0.333 bits per heavy atom. The van der Waals surface area contributed by atoms with Gasteiger partial charge in [-0.3, -0.25) is 0 Å². The number of nitrogens with zero attached hydrogens (tertiary/aromatic N) is 4. The lowest BCUT2D eigenvalue weighted by molar-refractivity contribution is 0.573. The number of hydrogen-bond acceptors (Lipinski definition) is 4. The molecule has 0 spiro atoms. The molecule has 0 amide bonds. The van der Waals surface area contributed by atoms with Gasteiger partial charge in [0, 0.05) is 97.5 Å². The van der Waals surface area contributed by atoms with Gasteiger partial charge in [-0.2, -0.15) is 0 Å². The molecular formula is C84H56N4S2. The van der Waals surface area contributed by atoms with Crippen LogP contribution in [0.4, 0.5) is 22.7 Å². The highest BCUT2D eigenvalue weighted by Crippen LogP contribution is 2.55. The molecule has 0 N–H and O–H groups in total. The van der Waals surface area contributed by atoms with Gasteiger partial charge in [0.25, 0.3) is 0 Å². The molecule has 4 atom stereocenters. The molecule has 0 fully saturated rings. The number of hydrogen-bond donors (Lipinski definition) is 0. The lowest BCUT2D eigenvalue weighted by Crippen LogP contribution is -2.29. The molecule has 2 aliphatic heterocycles. The van der Waals surface area contributed by atoms with E-state index in [-0.39, 0.29) is 18.0 Å².